The van der Waals surface area contributed by atoms with Gasteiger partial charge in [-0.3, -0.25) is 4.79 Å². The van der Waals surface area contributed by atoms with Crippen molar-refractivity contribution in [2.45, 2.75) is 37.8 Å². The maximum absolute atomic E-state index is 11.9. The Labute approximate surface area is 106 Å². The molecule has 1 heterocycles. The molecule has 2 amide bonds. The molecule has 6 heteroatoms. The SMILES string of the molecule is CN(CCC(=O)O)C(=O)NC1CCOC1C1CC1. The van der Waals surface area contributed by atoms with Gasteiger partial charge in [0.25, 0.3) is 0 Å². The minimum Gasteiger partial charge on any atom is -0.481 e. The molecule has 0 radical (unpaired) electrons. The van der Waals surface area contributed by atoms with Crippen molar-refractivity contribution in [2.24, 2.45) is 5.92 Å². The van der Waals surface area contributed by atoms with Gasteiger partial charge < -0.3 is 20.1 Å². The van der Waals surface area contributed by atoms with Crippen LogP contribution in [0.25, 0.3) is 0 Å². The topological polar surface area (TPSA) is 78.9 Å². The fourth-order valence-electron chi connectivity index (χ4n) is 2.29. The summed E-state index contributed by atoms with van der Waals surface area (Å²) in [6.07, 6.45) is 3.34. The molecule has 2 N–H and O–H groups in total. The Morgan fingerprint density at radius 2 is 2.11 bits per heavy atom. The van der Waals surface area contributed by atoms with Crippen LogP contribution < -0.4 is 5.32 Å². The van der Waals surface area contributed by atoms with Crippen molar-refractivity contribution in [3.8, 4) is 0 Å². The fourth-order valence-corrected chi connectivity index (χ4v) is 2.29. The largest absolute Gasteiger partial charge is 0.481 e. The van der Waals surface area contributed by atoms with Gasteiger partial charge in [-0.1, -0.05) is 0 Å². The number of nitrogens with zero attached hydrogens (tertiary/aromatic N) is 1. The standard InChI is InChI=1S/C12H20N2O4/c1-14(6-4-10(15)16)12(17)13-9-5-7-18-11(9)8-2-3-8/h8-9,11H,2-7H2,1H3,(H,13,17)(H,15,16). The molecular formula is C12H20N2O4. The normalized spacial score (nSPS) is 26.9. The van der Waals surface area contributed by atoms with Crippen molar-refractivity contribution in [3.63, 3.8) is 0 Å². The summed E-state index contributed by atoms with van der Waals surface area (Å²) in [6, 6.07) is -0.130. The van der Waals surface area contributed by atoms with E-state index in [0.717, 1.165) is 6.42 Å². The van der Waals surface area contributed by atoms with E-state index in [-0.39, 0.29) is 31.1 Å². The predicted octanol–water partition coefficient (Wildman–Crippen LogP) is 0.670. The van der Waals surface area contributed by atoms with Crippen LogP contribution in [0.5, 0.6) is 0 Å². The minimum atomic E-state index is -0.894. The van der Waals surface area contributed by atoms with E-state index in [1.807, 2.05) is 0 Å². The number of urea groups is 1. The summed E-state index contributed by atoms with van der Waals surface area (Å²) < 4.78 is 5.64. The molecule has 1 aliphatic carbocycles. The fraction of sp³-hybridized carbons (Fsp3) is 0.833. The Kier molecular flexibility index (Phi) is 4.06. The average molecular weight is 256 g/mol. The second-order valence-electron chi connectivity index (χ2n) is 5.08. The van der Waals surface area contributed by atoms with Crippen LogP contribution in [-0.4, -0.2) is 54.4 Å². The zero-order chi connectivity index (χ0) is 13.1. The average Bonchev–Trinajstić information content (AvgIpc) is 3.07. The number of carboxylic acid groups (broad SMARTS) is 1. The van der Waals surface area contributed by atoms with Gasteiger partial charge in [0.1, 0.15) is 0 Å². The van der Waals surface area contributed by atoms with E-state index in [0.29, 0.717) is 12.5 Å². The van der Waals surface area contributed by atoms with Crippen LogP contribution in [0.15, 0.2) is 0 Å². The first-order valence-electron chi connectivity index (χ1n) is 6.43. The number of carbonyl (C=O) groups excluding carboxylic acids is 1. The Morgan fingerprint density at radius 3 is 2.72 bits per heavy atom. The molecule has 0 aromatic rings. The third-order valence-electron chi connectivity index (χ3n) is 3.54. The van der Waals surface area contributed by atoms with Crippen LogP contribution in [0.2, 0.25) is 0 Å². The monoisotopic (exact) mass is 256 g/mol. The summed E-state index contributed by atoms with van der Waals surface area (Å²) in [5.41, 5.74) is 0. The van der Waals surface area contributed by atoms with E-state index in [9.17, 15) is 9.59 Å². The number of carboxylic acids is 1. The van der Waals surface area contributed by atoms with E-state index in [4.69, 9.17) is 9.84 Å². The zero-order valence-electron chi connectivity index (χ0n) is 10.6. The van der Waals surface area contributed by atoms with Crippen molar-refractivity contribution in [1.82, 2.24) is 10.2 Å². The van der Waals surface area contributed by atoms with E-state index in [1.165, 1.54) is 17.7 Å². The molecule has 2 rings (SSSR count). The van der Waals surface area contributed by atoms with Gasteiger partial charge in [-0.2, -0.15) is 0 Å². The quantitative estimate of drug-likeness (QED) is 0.757. The Balaban J connectivity index is 1.77. The lowest BCUT2D eigenvalue weighted by Gasteiger charge is -2.23. The highest BCUT2D eigenvalue weighted by Crippen LogP contribution is 2.38. The molecule has 2 unspecified atom stereocenters. The highest BCUT2D eigenvalue weighted by atomic mass is 16.5. The smallest absolute Gasteiger partial charge is 0.317 e. The number of rotatable bonds is 5. The third kappa shape index (κ3) is 3.35. The van der Waals surface area contributed by atoms with Crippen molar-refractivity contribution in [2.75, 3.05) is 20.2 Å². The number of amides is 2. The summed E-state index contributed by atoms with van der Waals surface area (Å²) >= 11 is 0. The summed E-state index contributed by atoms with van der Waals surface area (Å²) in [5, 5.41) is 11.5. The van der Waals surface area contributed by atoms with Crippen LogP contribution in [0.1, 0.15) is 25.7 Å². The zero-order valence-corrected chi connectivity index (χ0v) is 10.6. The lowest BCUT2D eigenvalue weighted by molar-refractivity contribution is -0.137. The molecule has 0 aromatic carbocycles. The molecular weight excluding hydrogens is 236 g/mol. The lowest BCUT2D eigenvalue weighted by Crippen LogP contribution is -2.47. The summed E-state index contributed by atoms with van der Waals surface area (Å²) in [7, 11) is 1.61. The van der Waals surface area contributed by atoms with E-state index >= 15 is 0 Å². The van der Waals surface area contributed by atoms with Crippen molar-refractivity contribution < 1.29 is 19.4 Å². The molecule has 2 aliphatic rings. The number of carbonyl (C=O) groups is 2. The van der Waals surface area contributed by atoms with Crippen molar-refractivity contribution in [3.05, 3.63) is 0 Å². The highest BCUT2D eigenvalue weighted by molar-refractivity contribution is 5.75. The van der Waals surface area contributed by atoms with Gasteiger partial charge >= 0.3 is 12.0 Å². The molecule has 102 valence electrons. The Hall–Kier alpha value is -1.30. The van der Waals surface area contributed by atoms with Gasteiger partial charge in [0.05, 0.1) is 18.6 Å². The van der Waals surface area contributed by atoms with Crippen LogP contribution in [-0.2, 0) is 9.53 Å². The van der Waals surface area contributed by atoms with E-state index in [2.05, 4.69) is 5.32 Å². The van der Waals surface area contributed by atoms with Gasteiger partial charge in [-0.05, 0) is 25.2 Å². The molecule has 0 bridgehead atoms. The molecule has 6 nitrogen and oxygen atoms in total. The highest BCUT2D eigenvalue weighted by Gasteiger charge is 2.41. The van der Waals surface area contributed by atoms with E-state index in [1.54, 1.807) is 7.05 Å². The molecule has 1 aliphatic heterocycles. The van der Waals surface area contributed by atoms with Gasteiger partial charge in [0.2, 0.25) is 0 Å². The molecule has 1 saturated heterocycles. The first kappa shape index (κ1) is 13.1. The Morgan fingerprint density at radius 1 is 1.39 bits per heavy atom. The predicted molar refractivity (Wildman–Crippen MR) is 64.3 cm³/mol. The summed E-state index contributed by atoms with van der Waals surface area (Å²) in [4.78, 5) is 23.7. The number of hydrogen-bond acceptors (Lipinski definition) is 3. The summed E-state index contributed by atoms with van der Waals surface area (Å²) in [6.45, 7) is 0.924. The third-order valence-corrected chi connectivity index (χ3v) is 3.54. The second kappa shape index (κ2) is 5.56. The van der Waals surface area contributed by atoms with Gasteiger partial charge in [-0.25, -0.2) is 4.79 Å². The Bertz CT molecular complexity index is 330. The van der Waals surface area contributed by atoms with E-state index < -0.39 is 5.97 Å². The van der Waals surface area contributed by atoms with Crippen LogP contribution >= 0.6 is 0 Å². The van der Waals surface area contributed by atoms with Gasteiger partial charge in [0, 0.05) is 20.2 Å². The molecule has 0 aromatic heterocycles. The summed E-state index contributed by atoms with van der Waals surface area (Å²) in [5.74, 6) is -0.295. The molecule has 18 heavy (non-hydrogen) atoms. The molecule has 2 fully saturated rings. The van der Waals surface area contributed by atoms with Gasteiger partial charge in [0.15, 0.2) is 0 Å². The van der Waals surface area contributed by atoms with Crippen LogP contribution in [0, 0.1) is 5.92 Å². The van der Waals surface area contributed by atoms with Crippen molar-refractivity contribution in [1.29, 1.82) is 0 Å². The molecule has 0 spiro atoms. The maximum atomic E-state index is 11.9. The van der Waals surface area contributed by atoms with Crippen molar-refractivity contribution >= 4 is 12.0 Å². The number of nitrogens with one attached hydrogen (secondary N) is 1. The first-order chi connectivity index (χ1) is 8.58. The molecule has 2 atom stereocenters. The first-order valence-corrected chi connectivity index (χ1v) is 6.43. The van der Waals surface area contributed by atoms with Crippen LogP contribution in [0.4, 0.5) is 4.79 Å². The van der Waals surface area contributed by atoms with Gasteiger partial charge in [-0.15, -0.1) is 0 Å². The van der Waals surface area contributed by atoms with Crippen LogP contribution in [0.3, 0.4) is 0 Å². The molecule has 1 saturated carbocycles. The number of ether oxygens (including phenoxy) is 1. The maximum Gasteiger partial charge on any atom is 0.317 e. The second-order valence-corrected chi connectivity index (χ2v) is 5.08. The number of hydrogen-bond donors (Lipinski definition) is 2. The minimum absolute atomic E-state index is 0.0306. The lowest BCUT2D eigenvalue weighted by atomic mass is 10.1. The number of aliphatic carboxylic acids is 1.